The number of carbonyl (C=O) groups excluding carboxylic acids is 1. The van der Waals surface area contributed by atoms with E-state index in [0.717, 1.165) is 0 Å². The zero-order valence-electron chi connectivity index (χ0n) is 10.1. The lowest BCUT2D eigenvalue weighted by Crippen LogP contribution is -1.89. The van der Waals surface area contributed by atoms with Crippen molar-refractivity contribution in [1.82, 2.24) is 0 Å². The molecule has 96 valence electrons. The topological polar surface area (TPSA) is 85.7 Å². The molecule has 0 aliphatic carbocycles. The van der Waals surface area contributed by atoms with Crippen LogP contribution in [0.1, 0.15) is 23.0 Å². The van der Waals surface area contributed by atoms with Gasteiger partial charge >= 0.3 is 5.88 Å². The van der Waals surface area contributed by atoms with Gasteiger partial charge in [0.1, 0.15) is 4.92 Å². The molecule has 1 aromatic heterocycles. The van der Waals surface area contributed by atoms with Crippen molar-refractivity contribution in [3.63, 3.8) is 0 Å². The molecule has 0 spiro atoms. The highest BCUT2D eigenvalue weighted by molar-refractivity contribution is 5.95. The van der Waals surface area contributed by atoms with Gasteiger partial charge in [-0.3, -0.25) is 19.9 Å². The molecule has 1 aromatic carbocycles. The van der Waals surface area contributed by atoms with E-state index in [1.165, 1.54) is 25.3 Å². The van der Waals surface area contributed by atoms with Crippen LogP contribution in [-0.4, -0.2) is 16.9 Å². The number of nitro groups is 1. The standard InChI is InChI=1S/C13H10N2O4/c1-9(16)10-3-2-4-11(7-10)14-8-12-5-6-13(19-12)15(17)18/h2-8H,1H3. The fourth-order valence-corrected chi connectivity index (χ4v) is 1.45. The van der Waals surface area contributed by atoms with Crippen LogP contribution < -0.4 is 0 Å². The molecule has 0 amide bonds. The van der Waals surface area contributed by atoms with Gasteiger partial charge in [-0.25, -0.2) is 0 Å². The summed E-state index contributed by atoms with van der Waals surface area (Å²) in [5, 5.41) is 10.4. The number of Topliss-reactive ketones (excluding diaryl/α,β-unsaturated/α-hetero) is 1. The molecule has 6 heteroatoms. The quantitative estimate of drug-likeness (QED) is 0.365. The Kier molecular flexibility index (Phi) is 3.51. The average molecular weight is 258 g/mol. The van der Waals surface area contributed by atoms with Gasteiger partial charge in [-0.15, -0.1) is 0 Å². The van der Waals surface area contributed by atoms with Crippen molar-refractivity contribution in [2.24, 2.45) is 4.99 Å². The normalized spacial score (nSPS) is 10.8. The first-order chi connectivity index (χ1) is 9.06. The lowest BCUT2D eigenvalue weighted by atomic mass is 10.1. The van der Waals surface area contributed by atoms with E-state index in [0.29, 0.717) is 11.3 Å². The Morgan fingerprint density at radius 1 is 1.37 bits per heavy atom. The molecule has 0 radical (unpaired) electrons. The highest BCUT2D eigenvalue weighted by atomic mass is 16.6. The van der Waals surface area contributed by atoms with E-state index in [9.17, 15) is 14.9 Å². The lowest BCUT2D eigenvalue weighted by molar-refractivity contribution is -0.402. The van der Waals surface area contributed by atoms with E-state index in [-0.39, 0.29) is 17.4 Å². The van der Waals surface area contributed by atoms with Crippen molar-refractivity contribution in [1.29, 1.82) is 0 Å². The van der Waals surface area contributed by atoms with Crippen LogP contribution in [0.25, 0.3) is 0 Å². The second kappa shape index (κ2) is 5.26. The van der Waals surface area contributed by atoms with Gasteiger partial charge in [0.25, 0.3) is 0 Å². The third-order valence-electron chi connectivity index (χ3n) is 2.39. The van der Waals surface area contributed by atoms with Gasteiger partial charge in [0.05, 0.1) is 18.0 Å². The molecule has 2 rings (SSSR count). The van der Waals surface area contributed by atoms with Crippen LogP contribution in [0.15, 0.2) is 45.8 Å². The largest absolute Gasteiger partial charge is 0.433 e. The molecule has 0 unspecified atom stereocenters. The van der Waals surface area contributed by atoms with Crippen LogP contribution in [0.5, 0.6) is 0 Å². The first kappa shape index (κ1) is 12.7. The number of hydrogen-bond donors (Lipinski definition) is 0. The Balaban J connectivity index is 2.19. The van der Waals surface area contributed by atoms with Crippen molar-refractivity contribution in [2.45, 2.75) is 6.92 Å². The Hall–Kier alpha value is -2.76. The number of aliphatic imine (C=N–C) groups is 1. The second-order valence-corrected chi connectivity index (χ2v) is 3.80. The van der Waals surface area contributed by atoms with E-state index < -0.39 is 4.92 Å². The molecule has 19 heavy (non-hydrogen) atoms. The summed E-state index contributed by atoms with van der Waals surface area (Å²) in [5.41, 5.74) is 1.13. The Bertz CT molecular complexity index is 658. The van der Waals surface area contributed by atoms with Gasteiger partial charge < -0.3 is 4.42 Å². The molecule has 0 fully saturated rings. The highest BCUT2D eigenvalue weighted by Gasteiger charge is 2.10. The molecule has 0 aliphatic heterocycles. The lowest BCUT2D eigenvalue weighted by Gasteiger charge is -1.96. The molecular formula is C13H10N2O4. The fourth-order valence-electron chi connectivity index (χ4n) is 1.45. The van der Waals surface area contributed by atoms with Crippen molar-refractivity contribution in [3.05, 3.63) is 57.8 Å². The average Bonchev–Trinajstić information content (AvgIpc) is 2.85. The van der Waals surface area contributed by atoms with Crippen LogP contribution in [0.3, 0.4) is 0 Å². The number of ketones is 1. The highest BCUT2D eigenvalue weighted by Crippen LogP contribution is 2.17. The van der Waals surface area contributed by atoms with Crippen molar-refractivity contribution in [3.8, 4) is 0 Å². The van der Waals surface area contributed by atoms with Crippen LogP contribution in [0.2, 0.25) is 0 Å². The van der Waals surface area contributed by atoms with E-state index in [4.69, 9.17) is 4.42 Å². The number of rotatable bonds is 4. The predicted octanol–water partition coefficient (Wildman–Crippen LogP) is 3.14. The summed E-state index contributed by atoms with van der Waals surface area (Å²) in [5.74, 6) is -0.107. The zero-order valence-corrected chi connectivity index (χ0v) is 10.1. The first-order valence-corrected chi connectivity index (χ1v) is 5.45. The number of benzene rings is 1. The van der Waals surface area contributed by atoms with Gasteiger partial charge in [0, 0.05) is 5.56 Å². The van der Waals surface area contributed by atoms with E-state index in [1.807, 2.05) is 0 Å². The summed E-state index contributed by atoms with van der Waals surface area (Å²) < 4.78 is 4.93. The van der Waals surface area contributed by atoms with Crippen molar-refractivity contribution < 1.29 is 14.1 Å². The summed E-state index contributed by atoms with van der Waals surface area (Å²) in [7, 11) is 0. The fraction of sp³-hybridized carbons (Fsp3) is 0.0769. The Labute approximate surface area is 108 Å². The van der Waals surface area contributed by atoms with Crippen molar-refractivity contribution in [2.75, 3.05) is 0 Å². The van der Waals surface area contributed by atoms with Crippen LogP contribution in [0.4, 0.5) is 11.6 Å². The van der Waals surface area contributed by atoms with E-state index >= 15 is 0 Å². The molecule has 0 saturated heterocycles. The third kappa shape index (κ3) is 3.12. The predicted molar refractivity (Wildman–Crippen MR) is 69.1 cm³/mol. The molecular weight excluding hydrogens is 248 g/mol. The molecule has 0 aliphatic rings. The first-order valence-electron chi connectivity index (χ1n) is 5.45. The molecule has 0 N–H and O–H groups in total. The van der Waals surface area contributed by atoms with Crippen molar-refractivity contribution >= 4 is 23.6 Å². The number of hydrogen-bond acceptors (Lipinski definition) is 5. The molecule has 0 saturated carbocycles. The molecule has 0 atom stereocenters. The summed E-state index contributed by atoms with van der Waals surface area (Å²) in [4.78, 5) is 25.1. The summed E-state index contributed by atoms with van der Waals surface area (Å²) in [6, 6.07) is 9.48. The number of nitrogens with zero attached hydrogens (tertiary/aromatic N) is 2. The number of carbonyl (C=O) groups is 1. The zero-order chi connectivity index (χ0) is 13.8. The van der Waals surface area contributed by atoms with Crippen LogP contribution in [-0.2, 0) is 0 Å². The molecule has 2 aromatic rings. The molecule has 0 bridgehead atoms. The maximum atomic E-state index is 11.2. The van der Waals surface area contributed by atoms with Gasteiger partial charge in [0.15, 0.2) is 11.5 Å². The Morgan fingerprint density at radius 2 is 2.16 bits per heavy atom. The minimum atomic E-state index is -0.617. The summed E-state index contributed by atoms with van der Waals surface area (Å²) >= 11 is 0. The van der Waals surface area contributed by atoms with Gasteiger partial charge in [-0.2, -0.15) is 0 Å². The molecule has 6 nitrogen and oxygen atoms in total. The smallest absolute Gasteiger partial charge is 0.400 e. The van der Waals surface area contributed by atoms with E-state index in [1.54, 1.807) is 24.3 Å². The van der Waals surface area contributed by atoms with Gasteiger partial charge in [-0.1, -0.05) is 12.1 Å². The van der Waals surface area contributed by atoms with E-state index in [2.05, 4.69) is 4.99 Å². The minimum absolute atomic E-state index is 0.0503. The van der Waals surface area contributed by atoms with Gasteiger partial charge in [-0.05, 0) is 25.1 Å². The minimum Gasteiger partial charge on any atom is -0.400 e. The number of furan rings is 1. The summed E-state index contributed by atoms with van der Waals surface area (Å²) in [6.45, 7) is 1.47. The van der Waals surface area contributed by atoms with Crippen LogP contribution >= 0.6 is 0 Å². The van der Waals surface area contributed by atoms with Gasteiger partial charge in [0.2, 0.25) is 0 Å². The maximum absolute atomic E-state index is 11.2. The second-order valence-electron chi connectivity index (χ2n) is 3.80. The maximum Gasteiger partial charge on any atom is 0.433 e. The third-order valence-corrected chi connectivity index (χ3v) is 2.39. The monoisotopic (exact) mass is 258 g/mol. The molecule has 1 heterocycles. The SMILES string of the molecule is CC(=O)c1cccc(N=Cc2ccc([N+](=O)[O-])o2)c1. The van der Waals surface area contributed by atoms with Crippen LogP contribution in [0, 0.1) is 10.1 Å². The summed E-state index contributed by atoms with van der Waals surface area (Å²) in [6.07, 6.45) is 1.37. The Morgan fingerprint density at radius 3 is 2.79 bits per heavy atom.